The van der Waals surface area contributed by atoms with Crippen LogP contribution in [0.1, 0.15) is 57.7 Å². The van der Waals surface area contributed by atoms with E-state index in [-0.39, 0.29) is 29.7 Å². The first-order chi connectivity index (χ1) is 18.2. The van der Waals surface area contributed by atoms with Crippen molar-refractivity contribution in [2.24, 2.45) is 0 Å². The van der Waals surface area contributed by atoms with Crippen LogP contribution >= 0.6 is 0 Å². The van der Waals surface area contributed by atoms with Gasteiger partial charge in [0.25, 0.3) is 0 Å². The second-order valence-electron chi connectivity index (χ2n) is 8.22. The Labute approximate surface area is 221 Å². The van der Waals surface area contributed by atoms with E-state index in [1.807, 2.05) is 0 Å². The Morgan fingerprint density at radius 2 is 0.789 bits per heavy atom. The quantitative estimate of drug-likeness (QED) is 0.134. The number of hydrogen-bond donors (Lipinski definition) is 8. The van der Waals surface area contributed by atoms with Crippen LogP contribution in [0.5, 0.6) is 0 Å². The van der Waals surface area contributed by atoms with Crippen molar-refractivity contribution >= 4 is 47.6 Å². The average Bonchev–Trinajstić information content (AvgIpc) is 2.82. The van der Waals surface area contributed by atoms with Gasteiger partial charge in [0.2, 0.25) is 47.6 Å². The molecule has 0 amide bonds. The van der Waals surface area contributed by atoms with E-state index in [9.17, 15) is 0 Å². The molecule has 3 rings (SSSR count). The average molecular weight is 530 g/mol. The number of anilines is 8. The van der Waals surface area contributed by atoms with Crippen molar-refractivity contribution in [1.29, 1.82) is 0 Å². The second-order valence-corrected chi connectivity index (χ2v) is 8.22. The molecule has 17 nitrogen and oxygen atoms in total. The summed E-state index contributed by atoms with van der Waals surface area (Å²) in [7, 11) is 0. The van der Waals surface area contributed by atoms with Gasteiger partial charge in [-0.1, -0.05) is 26.2 Å². The molecule has 0 spiro atoms. The summed E-state index contributed by atoms with van der Waals surface area (Å²) in [5.41, 5.74) is 27.3. The third kappa shape index (κ3) is 12.4. The van der Waals surface area contributed by atoms with Crippen LogP contribution in [-0.4, -0.2) is 64.5 Å². The van der Waals surface area contributed by atoms with Crippen LogP contribution in [0.15, 0.2) is 0 Å². The Balaban J connectivity index is 0.000000474. The van der Waals surface area contributed by atoms with Gasteiger partial charge in [-0.05, 0) is 32.6 Å². The molecule has 0 bridgehead atoms. The van der Waals surface area contributed by atoms with Crippen LogP contribution in [0.4, 0.5) is 47.6 Å². The van der Waals surface area contributed by atoms with E-state index in [4.69, 9.17) is 28.7 Å². The van der Waals surface area contributed by atoms with Crippen molar-refractivity contribution in [3.8, 4) is 0 Å². The zero-order valence-electron chi connectivity index (χ0n) is 22.0. The minimum absolute atomic E-state index is 0.107. The van der Waals surface area contributed by atoms with Crippen LogP contribution < -0.4 is 44.6 Å². The maximum atomic E-state index is 5.77. The molecular formula is C21H39N17. The van der Waals surface area contributed by atoms with Gasteiger partial charge in [-0.2, -0.15) is 44.9 Å². The van der Waals surface area contributed by atoms with Crippen LogP contribution in [0.25, 0.3) is 0 Å². The van der Waals surface area contributed by atoms with Crippen molar-refractivity contribution in [2.75, 3.05) is 64.3 Å². The first-order valence-corrected chi connectivity index (χ1v) is 12.5. The van der Waals surface area contributed by atoms with Crippen molar-refractivity contribution in [3.05, 3.63) is 5.82 Å². The number of aryl methyl sites for hydroxylation is 1. The molecule has 3 aromatic heterocycles. The summed E-state index contributed by atoms with van der Waals surface area (Å²) < 4.78 is 0. The SMILES string of the molecule is CCCCCCNc1nc(N)nc(NCCCCCNc2nc(N)nc(N)n2)n1.Cc1nc(N)nc(N)n1. The molecule has 0 aliphatic heterocycles. The number of hydrogen-bond acceptors (Lipinski definition) is 17. The largest absolute Gasteiger partial charge is 0.368 e. The number of aromatic nitrogens is 9. The normalized spacial score (nSPS) is 10.4. The Kier molecular flexibility index (Phi) is 12.7. The maximum Gasteiger partial charge on any atom is 0.229 e. The Bertz CT molecular complexity index is 1040. The molecule has 0 saturated heterocycles. The summed E-state index contributed by atoms with van der Waals surface area (Å²) >= 11 is 0. The molecule has 0 atom stereocenters. The molecule has 0 aliphatic carbocycles. The zero-order chi connectivity index (χ0) is 27.8. The molecule has 208 valence electrons. The highest BCUT2D eigenvalue weighted by Crippen LogP contribution is 2.09. The molecule has 38 heavy (non-hydrogen) atoms. The third-order valence-corrected chi connectivity index (χ3v) is 4.84. The lowest BCUT2D eigenvalue weighted by molar-refractivity contribution is 0.683. The van der Waals surface area contributed by atoms with E-state index in [0.29, 0.717) is 30.2 Å². The van der Waals surface area contributed by atoms with Crippen LogP contribution in [0.3, 0.4) is 0 Å². The summed E-state index contributed by atoms with van der Waals surface area (Å²) in [4.78, 5) is 35.3. The van der Waals surface area contributed by atoms with Crippen molar-refractivity contribution in [2.45, 2.75) is 58.8 Å². The minimum atomic E-state index is 0.107. The van der Waals surface area contributed by atoms with Gasteiger partial charge in [0.05, 0.1) is 0 Å². The Morgan fingerprint density at radius 1 is 0.447 bits per heavy atom. The van der Waals surface area contributed by atoms with Crippen molar-refractivity contribution < 1.29 is 0 Å². The Hall–Kier alpha value is -4.57. The highest BCUT2D eigenvalue weighted by atomic mass is 15.2. The fourth-order valence-corrected chi connectivity index (χ4v) is 3.14. The predicted octanol–water partition coefficient (Wildman–Crippen LogP) is 0.834. The second kappa shape index (κ2) is 16.2. The van der Waals surface area contributed by atoms with Gasteiger partial charge < -0.3 is 44.6 Å². The highest BCUT2D eigenvalue weighted by molar-refractivity contribution is 5.40. The lowest BCUT2D eigenvalue weighted by Crippen LogP contribution is -2.13. The van der Waals surface area contributed by atoms with Gasteiger partial charge in [-0.25, -0.2) is 0 Å². The minimum Gasteiger partial charge on any atom is -0.368 e. The van der Waals surface area contributed by atoms with E-state index < -0.39 is 0 Å². The van der Waals surface area contributed by atoms with E-state index in [1.54, 1.807) is 6.92 Å². The summed E-state index contributed by atoms with van der Waals surface area (Å²) in [5, 5.41) is 9.48. The van der Waals surface area contributed by atoms with Crippen molar-refractivity contribution in [1.82, 2.24) is 44.9 Å². The molecule has 0 aromatic carbocycles. The first-order valence-electron chi connectivity index (χ1n) is 12.5. The standard InChI is InChI=1S/C17H32N12.C4H7N5/c1-2-3-4-6-9-22-16-27-14(20)28-17(29-16)23-11-8-5-7-10-21-15-25-12(18)24-13(19)26-15;1-2-7-3(5)9-4(6)8-2/h2-11H2,1H3,(H5,18,19,21,24,25,26)(H4,20,22,23,27,28,29);1H3,(H4,5,6,7,8,9). The van der Waals surface area contributed by atoms with Gasteiger partial charge in [0.1, 0.15) is 5.82 Å². The molecule has 17 heteroatoms. The fourth-order valence-electron chi connectivity index (χ4n) is 3.14. The number of nitrogens with two attached hydrogens (primary N) is 5. The zero-order valence-corrected chi connectivity index (χ0v) is 22.0. The lowest BCUT2D eigenvalue weighted by Gasteiger charge is -2.09. The summed E-state index contributed by atoms with van der Waals surface area (Å²) in [6.07, 6.45) is 7.62. The molecule has 0 fully saturated rings. The van der Waals surface area contributed by atoms with E-state index in [1.165, 1.54) is 19.3 Å². The number of rotatable bonds is 14. The van der Waals surface area contributed by atoms with Gasteiger partial charge in [-0.3, -0.25) is 0 Å². The van der Waals surface area contributed by atoms with Gasteiger partial charge in [0, 0.05) is 19.6 Å². The molecule has 0 saturated carbocycles. The van der Waals surface area contributed by atoms with Crippen LogP contribution in [0.2, 0.25) is 0 Å². The van der Waals surface area contributed by atoms with E-state index in [0.717, 1.165) is 38.8 Å². The number of unbranched alkanes of at least 4 members (excludes halogenated alkanes) is 5. The lowest BCUT2D eigenvalue weighted by atomic mass is 10.2. The van der Waals surface area contributed by atoms with Crippen LogP contribution in [-0.2, 0) is 0 Å². The summed E-state index contributed by atoms with van der Waals surface area (Å²) in [6.45, 7) is 6.18. The molecule has 13 N–H and O–H groups in total. The van der Waals surface area contributed by atoms with E-state index in [2.05, 4.69) is 67.7 Å². The molecular weight excluding hydrogens is 490 g/mol. The Morgan fingerprint density at radius 3 is 1.18 bits per heavy atom. The third-order valence-electron chi connectivity index (χ3n) is 4.84. The molecule has 0 radical (unpaired) electrons. The van der Waals surface area contributed by atoms with Crippen LogP contribution in [0, 0.1) is 6.92 Å². The predicted molar refractivity (Wildman–Crippen MR) is 150 cm³/mol. The highest BCUT2D eigenvalue weighted by Gasteiger charge is 2.04. The smallest absolute Gasteiger partial charge is 0.229 e. The number of nitrogens with one attached hydrogen (secondary N) is 3. The van der Waals surface area contributed by atoms with Gasteiger partial charge in [0.15, 0.2) is 0 Å². The maximum absolute atomic E-state index is 5.77. The number of nitrogen functional groups attached to an aromatic ring is 5. The first kappa shape index (κ1) is 29.7. The molecule has 3 aromatic rings. The van der Waals surface area contributed by atoms with Gasteiger partial charge >= 0.3 is 0 Å². The van der Waals surface area contributed by atoms with E-state index >= 15 is 0 Å². The fraction of sp³-hybridized carbons (Fsp3) is 0.571. The molecule has 3 heterocycles. The topological polar surface area (TPSA) is 282 Å². The summed E-state index contributed by atoms with van der Waals surface area (Å²) in [5.74, 6) is 2.69. The van der Waals surface area contributed by atoms with Gasteiger partial charge in [-0.15, -0.1) is 0 Å². The number of nitrogens with zero attached hydrogens (tertiary/aromatic N) is 9. The molecule has 0 aliphatic rings. The summed E-state index contributed by atoms with van der Waals surface area (Å²) in [6, 6.07) is 0. The molecule has 0 unspecified atom stereocenters. The monoisotopic (exact) mass is 529 g/mol. The van der Waals surface area contributed by atoms with Crippen molar-refractivity contribution in [3.63, 3.8) is 0 Å².